The summed E-state index contributed by atoms with van der Waals surface area (Å²) in [6, 6.07) is 10.1. The van der Waals surface area contributed by atoms with E-state index in [9.17, 15) is 0 Å². The summed E-state index contributed by atoms with van der Waals surface area (Å²) in [7, 11) is 0. The minimum atomic E-state index is 0.674. The normalized spacial score (nSPS) is 13.1. The Morgan fingerprint density at radius 2 is 1.79 bits per heavy atom. The van der Waals surface area contributed by atoms with E-state index in [1.165, 1.54) is 16.5 Å². The Morgan fingerprint density at radius 3 is 2.57 bits per heavy atom. The van der Waals surface area contributed by atoms with Crippen LogP contribution in [0.15, 0.2) is 30.3 Å². The van der Waals surface area contributed by atoms with Crippen LogP contribution in [-0.2, 0) is 12.8 Å². The van der Waals surface area contributed by atoms with Crippen LogP contribution < -0.4 is 0 Å². The van der Waals surface area contributed by atoms with E-state index in [0.29, 0.717) is 5.69 Å². The van der Waals surface area contributed by atoms with Crippen LogP contribution in [0.5, 0.6) is 0 Å². The molecule has 1 aliphatic carbocycles. The zero-order chi connectivity index (χ0) is 9.54. The molecule has 0 N–H and O–H groups in total. The van der Waals surface area contributed by atoms with E-state index >= 15 is 0 Å². The third kappa shape index (κ3) is 0.816. The van der Waals surface area contributed by atoms with Crippen LogP contribution >= 0.6 is 0 Å². The molecular weight excluding hydrogens is 172 g/mol. The highest BCUT2D eigenvalue weighted by atomic mass is 14.8. The van der Waals surface area contributed by atoms with Crippen molar-refractivity contribution in [3.8, 4) is 0 Å². The molecule has 0 bridgehead atoms. The van der Waals surface area contributed by atoms with Crippen LogP contribution in [0.4, 0.5) is 5.69 Å². The topological polar surface area (TPSA) is 28.1 Å². The van der Waals surface area contributed by atoms with Crippen LogP contribution in [0.25, 0.3) is 15.7 Å². The number of hydrogen-bond donors (Lipinski definition) is 0. The van der Waals surface area contributed by atoms with E-state index in [-0.39, 0.29) is 0 Å². The number of diazo groups is 1. The fourth-order valence-electron chi connectivity index (χ4n) is 2.32. The Morgan fingerprint density at radius 1 is 1.00 bits per heavy atom. The van der Waals surface area contributed by atoms with Crippen molar-refractivity contribution in [3.63, 3.8) is 0 Å². The van der Waals surface area contributed by atoms with Crippen molar-refractivity contribution in [1.82, 2.24) is 0 Å². The lowest BCUT2D eigenvalue weighted by molar-refractivity contribution is 1.02. The largest absolute Gasteiger partial charge is 0.392 e. The Kier molecular flexibility index (Phi) is 1.37. The predicted octanol–water partition coefficient (Wildman–Crippen LogP) is 3.42. The Labute approximate surface area is 81.8 Å². The molecule has 0 saturated heterocycles. The summed E-state index contributed by atoms with van der Waals surface area (Å²) < 4.78 is 0. The molecule has 66 valence electrons. The zero-order valence-corrected chi connectivity index (χ0v) is 7.70. The molecule has 2 nitrogen and oxygen atoms in total. The number of rotatable bonds is 0. The van der Waals surface area contributed by atoms with E-state index in [1.807, 2.05) is 18.2 Å². The summed E-state index contributed by atoms with van der Waals surface area (Å²) in [6.45, 7) is 0. The second-order valence-electron chi connectivity index (χ2n) is 3.68. The summed E-state index contributed by atoms with van der Waals surface area (Å²) in [5.74, 6) is 0. The minimum absolute atomic E-state index is 0.674. The first-order valence-electron chi connectivity index (χ1n) is 4.79. The van der Waals surface area contributed by atoms with Gasteiger partial charge in [0.25, 0.3) is 0 Å². The van der Waals surface area contributed by atoms with E-state index < -0.39 is 0 Å². The molecule has 0 amide bonds. The van der Waals surface area contributed by atoms with E-state index in [4.69, 9.17) is 5.39 Å². The van der Waals surface area contributed by atoms with E-state index in [0.717, 1.165) is 18.2 Å². The summed E-state index contributed by atoms with van der Waals surface area (Å²) >= 11 is 0. The summed E-state index contributed by atoms with van der Waals surface area (Å²) in [5, 5.41) is 11.2. The van der Waals surface area contributed by atoms with E-state index in [2.05, 4.69) is 17.1 Å². The molecule has 0 aromatic heterocycles. The second-order valence-corrected chi connectivity index (χ2v) is 3.68. The highest BCUT2D eigenvalue weighted by Gasteiger charge is 2.20. The molecular formula is C12H9N2+. The Balaban J connectivity index is 2.55. The average Bonchev–Trinajstić information content (AvgIpc) is 2.65. The second kappa shape index (κ2) is 2.55. The molecule has 0 unspecified atom stereocenters. The lowest BCUT2D eigenvalue weighted by atomic mass is 10.0. The first-order valence-corrected chi connectivity index (χ1v) is 4.79. The fraction of sp³-hybridized carbons (Fsp3) is 0.167. The summed E-state index contributed by atoms with van der Waals surface area (Å²) in [4.78, 5) is 3.31. The quantitative estimate of drug-likeness (QED) is 0.572. The van der Waals surface area contributed by atoms with Gasteiger partial charge in [-0.1, -0.05) is 18.2 Å². The van der Waals surface area contributed by atoms with Gasteiger partial charge in [0.15, 0.2) is 4.98 Å². The Hall–Kier alpha value is -1.88. The van der Waals surface area contributed by atoms with Gasteiger partial charge in [-0.15, -0.1) is 0 Å². The lowest BCUT2D eigenvalue weighted by Crippen LogP contribution is -1.77. The van der Waals surface area contributed by atoms with E-state index in [1.54, 1.807) is 0 Å². The van der Waals surface area contributed by atoms with Gasteiger partial charge in [0.05, 0.1) is 5.39 Å². The molecule has 1 aliphatic rings. The zero-order valence-electron chi connectivity index (χ0n) is 7.70. The van der Waals surface area contributed by atoms with Crippen LogP contribution in [-0.4, -0.2) is 0 Å². The van der Waals surface area contributed by atoms with Crippen molar-refractivity contribution < 1.29 is 0 Å². The molecule has 0 fully saturated rings. The van der Waals surface area contributed by atoms with Crippen LogP contribution in [0.3, 0.4) is 0 Å². The number of benzene rings is 2. The molecule has 0 aliphatic heterocycles. The standard InChI is InChI=1S/C12H9N2/c13-14-11-7-6-9-5-4-8-2-1-3-10(11)12(8)9/h1-3,6-7H,4-5H2/q+1. The first-order chi connectivity index (χ1) is 6.90. The lowest BCUT2D eigenvalue weighted by Gasteiger charge is -1.97. The monoisotopic (exact) mass is 181 g/mol. The highest BCUT2D eigenvalue weighted by molar-refractivity contribution is 5.99. The average molecular weight is 181 g/mol. The number of nitrogens with zero attached hydrogens (tertiary/aromatic N) is 2. The van der Waals surface area contributed by atoms with Crippen molar-refractivity contribution in [2.24, 2.45) is 0 Å². The number of aryl methyl sites for hydroxylation is 2. The van der Waals surface area contributed by atoms with Gasteiger partial charge in [-0.25, -0.2) is 0 Å². The molecule has 0 spiro atoms. The van der Waals surface area contributed by atoms with Gasteiger partial charge < -0.3 is 0 Å². The van der Waals surface area contributed by atoms with Gasteiger partial charge in [0.1, 0.15) is 0 Å². The third-order valence-corrected chi connectivity index (χ3v) is 2.96. The molecule has 0 atom stereocenters. The smallest absolute Gasteiger partial charge is 0.0611 e. The predicted molar refractivity (Wildman–Crippen MR) is 56.1 cm³/mol. The van der Waals surface area contributed by atoms with Crippen molar-refractivity contribution in [3.05, 3.63) is 46.4 Å². The van der Waals surface area contributed by atoms with Crippen molar-refractivity contribution in [1.29, 1.82) is 5.39 Å². The van der Waals surface area contributed by atoms with Gasteiger partial charge >= 0.3 is 5.69 Å². The fourth-order valence-corrected chi connectivity index (χ4v) is 2.32. The highest BCUT2D eigenvalue weighted by Crippen LogP contribution is 2.35. The molecule has 0 radical (unpaired) electrons. The molecule has 2 heteroatoms. The molecule has 2 aromatic carbocycles. The first kappa shape index (κ1) is 7.52. The van der Waals surface area contributed by atoms with Gasteiger partial charge in [-0.3, -0.25) is 0 Å². The van der Waals surface area contributed by atoms with Gasteiger partial charge in [-0.2, -0.15) is 0 Å². The molecule has 3 rings (SSSR count). The van der Waals surface area contributed by atoms with Gasteiger partial charge in [-0.05, 0) is 35.4 Å². The van der Waals surface area contributed by atoms with Crippen molar-refractivity contribution in [2.75, 3.05) is 0 Å². The molecule has 0 heterocycles. The third-order valence-electron chi connectivity index (χ3n) is 2.96. The maximum atomic E-state index is 8.86. The van der Waals surface area contributed by atoms with Crippen molar-refractivity contribution >= 4 is 16.5 Å². The summed E-state index contributed by atoms with van der Waals surface area (Å²) in [5.41, 5.74) is 3.43. The van der Waals surface area contributed by atoms with Crippen LogP contribution in [0.1, 0.15) is 11.1 Å². The van der Waals surface area contributed by atoms with Gasteiger partial charge in [0, 0.05) is 6.07 Å². The number of hydrogen-bond acceptors (Lipinski definition) is 1. The maximum Gasteiger partial charge on any atom is 0.392 e. The van der Waals surface area contributed by atoms with Crippen molar-refractivity contribution in [2.45, 2.75) is 12.8 Å². The maximum absolute atomic E-state index is 8.86. The molecule has 0 saturated carbocycles. The van der Waals surface area contributed by atoms with Crippen LogP contribution in [0, 0.1) is 5.39 Å². The molecule has 14 heavy (non-hydrogen) atoms. The van der Waals surface area contributed by atoms with Crippen LogP contribution in [0.2, 0.25) is 0 Å². The van der Waals surface area contributed by atoms with Gasteiger partial charge in [0.2, 0.25) is 5.39 Å². The SMILES string of the molecule is N#[N+]c1ccc2c3c(cccc13)CC2. The molecule has 2 aromatic rings. The Bertz CT molecular complexity index is 554. The summed E-state index contributed by atoms with van der Waals surface area (Å²) in [6.07, 6.45) is 2.23. The minimum Gasteiger partial charge on any atom is -0.0611 e.